The van der Waals surface area contributed by atoms with Crippen LogP contribution in [0.3, 0.4) is 0 Å². The lowest BCUT2D eigenvalue weighted by Crippen LogP contribution is -2.54. The molecule has 0 aliphatic heterocycles. The molecular weight excluding hydrogens is 278 g/mol. The second-order valence-electron chi connectivity index (χ2n) is 3.72. The van der Waals surface area contributed by atoms with Gasteiger partial charge in [0.1, 0.15) is 0 Å². The Labute approximate surface area is 118 Å². The molecule has 0 radical (unpaired) electrons. The van der Waals surface area contributed by atoms with Crippen molar-refractivity contribution in [1.82, 2.24) is 0 Å². The monoisotopic (exact) mass is 297 g/mol. The van der Waals surface area contributed by atoms with Crippen LogP contribution in [0.15, 0.2) is 34.3 Å². The summed E-state index contributed by atoms with van der Waals surface area (Å²) in [6.45, 7) is 0. The van der Waals surface area contributed by atoms with Crippen molar-refractivity contribution in [3.05, 3.63) is 24.3 Å². The Morgan fingerprint density at radius 3 is 1.85 bits per heavy atom. The lowest BCUT2D eigenvalue weighted by atomic mass is 10.3. The number of nitrogens with zero attached hydrogens (tertiary/aromatic N) is 2. The fraction of sp³-hybridized carbons (Fsp3) is 0.273. The van der Waals surface area contributed by atoms with Crippen molar-refractivity contribution in [3.8, 4) is 0 Å². The lowest BCUT2D eigenvalue weighted by Gasteiger charge is -2.24. The summed E-state index contributed by atoms with van der Waals surface area (Å²) < 4.78 is 16.1. The molecule has 6 N–H and O–H groups in total. The molecule has 1 rings (SSSR count). The maximum atomic E-state index is 5.55. The van der Waals surface area contributed by atoms with Gasteiger partial charge >= 0.3 is 8.80 Å². The number of hydrogen-bond donors (Lipinski definition) is 3. The highest BCUT2D eigenvalue weighted by atomic mass is 28.4. The first-order valence-corrected chi connectivity index (χ1v) is 7.39. The Morgan fingerprint density at radius 2 is 1.45 bits per heavy atom. The van der Waals surface area contributed by atoms with Crippen LogP contribution >= 0.6 is 0 Å². The van der Waals surface area contributed by atoms with E-state index in [0.29, 0.717) is 5.69 Å². The van der Waals surface area contributed by atoms with Gasteiger partial charge in [0.05, 0.1) is 5.69 Å². The molecule has 110 valence electrons. The zero-order valence-corrected chi connectivity index (χ0v) is 12.7. The van der Waals surface area contributed by atoms with Gasteiger partial charge in [-0.1, -0.05) is 12.1 Å². The Morgan fingerprint density at radius 1 is 0.950 bits per heavy atom. The quantitative estimate of drug-likeness (QED) is 0.363. The summed E-state index contributed by atoms with van der Waals surface area (Å²) in [5, 5.41) is 0.810. The van der Waals surface area contributed by atoms with Gasteiger partial charge in [-0.05, 0) is 12.1 Å². The number of aliphatic imine (C=N–C) groups is 2. The van der Waals surface area contributed by atoms with Gasteiger partial charge in [0.2, 0.25) is 5.96 Å². The molecule has 1 aromatic carbocycles. The van der Waals surface area contributed by atoms with E-state index in [-0.39, 0.29) is 11.9 Å². The van der Waals surface area contributed by atoms with Crippen molar-refractivity contribution in [2.45, 2.75) is 0 Å². The van der Waals surface area contributed by atoms with Crippen LogP contribution in [0.25, 0.3) is 0 Å². The predicted octanol–water partition coefficient (Wildman–Crippen LogP) is -1.01. The van der Waals surface area contributed by atoms with Crippen LogP contribution in [-0.2, 0) is 13.3 Å². The minimum atomic E-state index is -2.83. The third kappa shape index (κ3) is 3.77. The van der Waals surface area contributed by atoms with E-state index >= 15 is 0 Å². The zero-order valence-electron chi connectivity index (χ0n) is 11.7. The van der Waals surface area contributed by atoms with Crippen LogP contribution in [0, 0.1) is 0 Å². The molecule has 0 saturated heterocycles. The van der Waals surface area contributed by atoms with Crippen LogP contribution in [0.5, 0.6) is 0 Å². The van der Waals surface area contributed by atoms with Gasteiger partial charge in [0.15, 0.2) is 5.96 Å². The number of guanidine groups is 2. The summed E-state index contributed by atoms with van der Waals surface area (Å²) in [4.78, 5) is 7.67. The number of rotatable bonds is 5. The normalized spacial score (nSPS) is 12.2. The summed E-state index contributed by atoms with van der Waals surface area (Å²) >= 11 is 0. The van der Waals surface area contributed by atoms with Gasteiger partial charge in [-0.2, -0.15) is 4.99 Å². The molecule has 1 aromatic rings. The standard InChI is InChI=1S/C11H19N5O3Si/c1-17-20(18-2,19-3)9-6-4-8(5-7-9)15-11(14)16-10(12)13/h4-7H,1-3H3,(H6,12,13,14,15,16). The van der Waals surface area contributed by atoms with Crippen LogP contribution in [0.1, 0.15) is 0 Å². The molecule has 0 aliphatic rings. The molecule has 0 spiro atoms. The van der Waals surface area contributed by atoms with Crippen molar-refractivity contribution in [3.63, 3.8) is 0 Å². The largest absolute Gasteiger partial charge is 0.536 e. The second-order valence-corrected chi connectivity index (χ2v) is 6.64. The highest BCUT2D eigenvalue weighted by molar-refractivity contribution is 6.75. The van der Waals surface area contributed by atoms with E-state index in [1.54, 1.807) is 45.6 Å². The maximum absolute atomic E-state index is 5.55. The topological polar surface area (TPSA) is 130 Å². The van der Waals surface area contributed by atoms with Crippen LogP contribution < -0.4 is 22.4 Å². The average molecular weight is 297 g/mol. The highest BCUT2D eigenvalue weighted by Gasteiger charge is 2.40. The molecule has 0 amide bonds. The molecule has 9 heteroatoms. The van der Waals surface area contributed by atoms with E-state index in [4.69, 9.17) is 30.5 Å². The first-order valence-electron chi connectivity index (χ1n) is 5.67. The van der Waals surface area contributed by atoms with Gasteiger partial charge in [-0.25, -0.2) is 4.99 Å². The van der Waals surface area contributed by atoms with Crippen molar-refractivity contribution in [1.29, 1.82) is 0 Å². The maximum Gasteiger partial charge on any atom is 0.536 e. The smallest absolute Gasteiger partial charge is 0.373 e. The molecular formula is C11H19N5O3Si. The van der Waals surface area contributed by atoms with Crippen LogP contribution in [-0.4, -0.2) is 42.1 Å². The molecule has 0 bridgehead atoms. The fourth-order valence-electron chi connectivity index (χ4n) is 1.63. The Kier molecular flexibility index (Phi) is 5.64. The Balaban J connectivity index is 3.02. The van der Waals surface area contributed by atoms with E-state index in [1.165, 1.54) is 0 Å². The molecule has 0 saturated carbocycles. The number of hydrogen-bond acceptors (Lipinski definition) is 4. The van der Waals surface area contributed by atoms with E-state index in [9.17, 15) is 0 Å². The summed E-state index contributed by atoms with van der Waals surface area (Å²) in [5.74, 6) is -0.168. The molecule has 0 unspecified atom stereocenters. The molecule has 0 fully saturated rings. The van der Waals surface area contributed by atoms with Gasteiger partial charge < -0.3 is 30.5 Å². The number of benzene rings is 1. The summed E-state index contributed by atoms with van der Waals surface area (Å²) in [5.41, 5.74) is 16.6. The molecule has 8 nitrogen and oxygen atoms in total. The molecule has 0 aromatic heterocycles. The van der Waals surface area contributed by atoms with E-state index in [0.717, 1.165) is 5.19 Å². The fourth-order valence-corrected chi connectivity index (χ4v) is 3.42. The molecule has 0 heterocycles. The zero-order chi connectivity index (χ0) is 15.2. The summed E-state index contributed by atoms with van der Waals surface area (Å²) in [6.07, 6.45) is 0. The van der Waals surface area contributed by atoms with Gasteiger partial charge in [-0.3, -0.25) is 0 Å². The van der Waals surface area contributed by atoms with E-state index < -0.39 is 8.80 Å². The summed E-state index contributed by atoms with van der Waals surface area (Å²) in [7, 11) is 1.80. The highest BCUT2D eigenvalue weighted by Crippen LogP contribution is 2.13. The first-order chi connectivity index (χ1) is 9.47. The van der Waals surface area contributed by atoms with E-state index in [1.807, 2.05) is 0 Å². The first kappa shape index (κ1) is 16.1. The van der Waals surface area contributed by atoms with Crippen LogP contribution in [0.4, 0.5) is 5.69 Å². The van der Waals surface area contributed by atoms with Crippen molar-refractivity contribution >= 4 is 31.6 Å². The second kappa shape index (κ2) is 7.00. The predicted molar refractivity (Wildman–Crippen MR) is 79.9 cm³/mol. The average Bonchev–Trinajstić information content (AvgIpc) is 2.42. The van der Waals surface area contributed by atoms with Gasteiger partial charge in [0.25, 0.3) is 0 Å². The van der Waals surface area contributed by atoms with Crippen molar-refractivity contribution in [2.24, 2.45) is 27.2 Å². The summed E-state index contributed by atoms with van der Waals surface area (Å²) in [6, 6.07) is 7.07. The lowest BCUT2D eigenvalue weighted by molar-refractivity contribution is 0.140. The van der Waals surface area contributed by atoms with E-state index in [2.05, 4.69) is 9.98 Å². The molecule has 0 aliphatic carbocycles. The van der Waals surface area contributed by atoms with Crippen molar-refractivity contribution in [2.75, 3.05) is 21.3 Å². The van der Waals surface area contributed by atoms with Crippen LogP contribution in [0.2, 0.25) is 0 Å². The SMILES string of the molecule is CO[Si](OC)(OC)c1ccc(N=C(N)N=C(N)N)cc1. The minimum Gasteiger partial charge on any atom is -0.373 e. The third-order valence-electron chi connectivity index (χ3n) is 2.51. The number of nitrogens with two attached hydrogens (primary N) is 3. The van der Waals surface area contributed by atoms with Gasteiger partial charge in [0, 0.05) is 26.5 Å². The Hall–Kier alpha value is -1.94. The van der Waals surface area contributed by atoms with Crippen molar-refractivity contribution < 1.29 is 13.3 Å². The Bertz CT molecular complexity index is 487. The molecule has 20 heavy (non-hydrogen) atoms. The minimum absolute atomic E-state index is 0.0218. The van der Waals surface area contributed by atoms with Gasteiger partial charge in [-0.15, -0.1) is 0 Å². The molecule has 0 atom stereocenters. The third-order valence-corrected chi connectivity index (χ3v) is 5.17.